The summed E-state index contributed by atoms with van der Waals surface area (Å²) in [5.74, 6) is -0.0714. The number of aliphatic hydroxyl groups is 1. The van der Waals surface area contributed by atoms with Crippen molar-refractivity contribution >= 4 is 5.91 Å². The van der Waals surface area contributed by atoms with Gasteiger partial charge in [0.25, 0.3) is 0 Å². The summed E-state index contributed by atoms with van der Waals surface area (Å²) < 4.78 is 0. The highest BCUT2D eigenvalue weighted by molar-refractivity contribution is 5.82. The van der Waals surface area contributed by atoms with Crippen molar-refractivity contribution in [1.29, 1.82) is 0 Å². The number of hydrogen-bond acceptors (Lipinski definition) is 4. The molecule has 0 aliphatic carbocycles. The Morgan fingerprint density at radius 1 is 1.71 bits per heavy atom. The van der Waals surface area contributed by atoms with Crippen LogP contribution in [0.5, 0.6) is 0 Å². The Labute approximate surface area is 100 Å². The second-order valence-corrected chi connectivity index (χ2v) is 4.37. The van der Waals surface area contributed by atoms with E-state index in [2.05, 4.69) is 15.6 Å². The first-order valence-electron chi connectivity index (χ1n) is 5.78. The van der Waals surface area contributed by atoms with Gasteiger partial charge in [-0.05, 0) is 25.0 Å². The zero-order valence-electron chi connectivity index (χ0n) is 9.76. The van der Waals surface area contributed by atoms with Gasteiger partial charge in [0.15, 0.2) is 0 Å². The molecule has 1 aliphatic heterocycles. The van der Waals surface area contributed by atoms with E-state index in [0.717, 1.165) is 5.56 Å². The first-order valence-corrected chi connectivity index (χ1v) is 5.78. The van der Waals surface area contributed by atoms with Gasteiger partial charge in [-0.3, -0.25) is 9.78 Å². The summed E-state index contributed by atoms with van der Waals surface area (Å²) in [4.78, 5) is 15.9. The quantitative estimate of drug-likeness (QED) is 0.688. The fraction of sp³-hybridized carbons (Fsp3) is 0.500. The molecule has 0 aromatic carbocycles. The van der Waals surface area contributed by atoms with E-state index in [1.807, 2.05) is 19.1 Å². The molecule has 1 aliphatic rings. The lowest BCUT2D eigenvalue weighted by atomic mass is 10.1. The first kappa shape index (κ1) is 12.0. The van der Waals surface area contributed by atoms with E-state index >= 15 is 0 Å². The first-order chi connectivity index (χ1) is 8.16. The van der Waals surface area contributed by atoms with Gasteiger partial charge in [-0.25, -0.2) is 0 Å². The van der Waals surface area contributed by atoms with Crippen molar-refractivity contribution in [3.05, 3.63) is 30.1 Å². The fourth-order valence-corrected chi connectivity index (χ4v) is 1.95. The topological polar surface area (TPSA) is 74.2 Å². The molecule has 17 heavy (non-hydrogen) atoms. The minimum absolute atomic E-state index is 0.0714. The molecule has 5 heteroatoms. The van der Waals surface area contributed by atoms with Crippen molar-refractivity contribution in [1.82, 2.24) is 15.6 Å². The van der Waals surface area contributed by atoms with Crippen LogP contribution in [0.4, 0.5) is 0 Å². The summed E-state index contributed by atoms with van der Waals surface area (Å²) in [5, 5.41) is 15.2. The van der Waals surface area contributed by atoms with Crippen LogP contribution >= 0.6 is 0 Å². The molecular weight excluding hydrogens is 218 g/mol. The molecule has 0 bridgehead atoms. The molecule has 1 aromatic heterocycles. The van der Waals surface area contributed by atoms with Crippen molar-refractivity contribution in [2.24, 2.45) is 0 Å². The van der Waals surface area contributed by atoms with Crippen LogP contribution in [0.25, 0.3) is 0 Å². The number of β-amino-alcohol motifs (C(OH)–C–C–N with tert-alkyl or cyclic N) is 1. The maximum Gasteiger partial charge on any atom is 0.237 e. The zero-order chi connectivity index (χ0) is 12.3. The van der Waals surface area contributed by atoms with E-state index in [0.29, 0.717) is 13.0 Å². The number of rotatable bonds is 3. The van der Waals surface area contributed by atoms with Gasteiger partial charge in [0, 0.05) is 18.9 Å². The number of pyridine rings is 1. The molecule has 0 radical (unpaired) electrons. The Balaban J connectivity index is 1.91. The number of amides is 1. The Morgan fingerprint density at radius 3 is 3.12 bits per heavy atom. The lowest BCUT2D eigenvalue weighted by Crippen LogP contribution is -2.41. The minimum Gasteiger partial charge on any atom is -0.392 e. The van der Waals surface area contributed by atoms with Gasteiger partial charge in [-0.2, -0.15) is 0 Å². The molecular formula is C12H17N3O2. The summed E-state index contributed by atoms with van der Waals surface area (Å²) in [6, 6.07) is 3.41. The lowest BCUT2D eigenvalue weighted by Gasteiger charge is -2.17. The normalized spacial score (nSPS) is 25.5. The predicted molar refractivity (Wildman–Crippen MR) is 63.2 cm³/mol. The van der Waals surface area contributed by atoms with Crippen LogP contribution in [0.3, 0.4) is 0 Å². The van der Waals surface area contributed by atoms with E-state index in [9.17, 15) is 9.90 Å². The monoisotopic (exact) mass is 235 g/mol. The second-order valence-electron chi connectivity index (χ2n) is 4.37. The predicted octanol–water partition coefficient (Wildman–Crippen LogP) is -0.0184. The lowest BCUT2D eigenvalue weighted by molar-refractivity contribution is -0.123. The number of aromatic nitrogens is 1. The largest absolute Gasteiger partial charge is 0.392 e. The van der Waals surface area contributed by atoms with Crippen LogP contribution in [-0.2, 0) is 4.79 Å². The number of aliphatic hydroxyl groups excluding tert-OH is 1. The zero-order valence-corrected chi connectivity index (χ0v) is 9.76. The van der Waals surface area contributed by atoms with Gasteiger partial charge in [-0.15, -0.1) is 0 Å². The SMILES string of the molecule is C[C@H](NC(=O)C1CC(O)CN1)c1cccnc1. The molecule has 1 saturated heterocycles. The third-order valence-electron chi connectivity index (χ3n) is 2.97. The fourth-order valence-electron chi connectivity index (χ4n) is 1.95. The van der Waals surface area contributed by atoms with E-state index in [4.69, 9.17) is 0 Å². The number of nitrogens with zero attached hydrogens (tertiary/aromatic N) is 1. The van der Waals surface area contributed by atoms with Crippen molar-refractivity contribution in [3.8, 4) is 0 Å². The average Bonchev–Trinajstić information content (AvgIpc) is 2.77. The van der Waals surface area contributed by atoms with E-state index < -0.39 is 6.10 Å². The number of carbonyl (C=O) groups is 1. The average molecular weight is 235 g/mol. The van der Waals surface area contributed by atoms with Crippen LogP contribution in [0, 0.1) is 0 Å². The van der Waals surface area contributed by atoms with E-state index in [1.165, 1.54) is 0 Å². The standard InChI is InChI=1S/C12H17N3O2/c1-8(9-3-2-4-13-6-9)15-12(17)11-5-10(16)7-14-11/h2-4,6,8,10-11,14,16H,5,7H2,1H3,(H,15,17)/t8-,10?,11?/m0/s1. The Kier molecular flexibility index (Phi) is 3.71. The van der Waals surface area contributed by atoms with Gasteiger partial charge in [0.2, 0.25) is 5.91 Å². The summed E-state index contributed by atoms with van der Waals surface area (Å²) >= 11 is 0. The molecule has 2 heterocycles. The van der Waals surface area contributed by atoms with E-state index in [-0.39, 0.29) is 18.0 Å². The summed E-state index contributed by atoms with van der Waals surface area (Å²) in [5.41, 5.74) is 0.972. The molecule has 92 valence electrons. The highest BCUT2D eigenvalue weighted by Gasteiger charge is 2.28. The van der Waals surface area contributed by atoms with Gasteiger partial charge < -0.3 is 15.7 Å². The van der Waals surface area contributed by atoms with Crippen molar-refractivity contribution in [2.45, 2.75) is 31.5 Å². The highest BCUT2D eigenvalue weighted by Crippen LogP contribution is 2.12. The summed E-state index contributed by atoms with van der Waals surface area (Å²) in [6.45, 7) is 2.40. The smallest absolute Gasteiger partial charge is 0.237 e. The third-order valence-corrected chi connectivity index (χ3v) is 2.97. The molecule has 1 aromatic rings. The van der Waals surface area contributed by atoms with Gasteiger partial charge in [0.1, 0.15) is 0 Å². The summed E-state index contributed by atoms with van der Waals surface area (Å²) in [7, 11) is 0. The molecule has 2 unspecified atom stereocenters. The second kappa shape index (κ2) is 5.25. The highest BCUT2D eigenvalue weighted by atomic mass is 16.3. The van der Waals surface area contributed by atoms with Gasteiger partial charge >= 0.3 is 0 Å². The summed E-state index contributed by atoms with van der Waals surface area (Å²) in [6.07, 6.45) is 3.50. The molecule has 2 rings (SSSR count). The van der Waals surface area contributed by atoms with Gasteiger partial charge in [0.05, 0.1) is 18.2 Å². The molecule has 0 spiro atoms. The Bertz CT molecular complexity index is 383. The van der Waals surface area contributed by atoms with Crippen molar-refractivity contribution in [3.63, 3.8) is 0 Å². The number of hydrogen-bond donors (Lipinski definition) is 3. The van der Waals surface area contributed by atoms with Crippen molar-refractivity contribution in [2.75, 3.05) is 6.54 Å². The Hall–Kier alpha value is -1.46. The number of carbonyl (C=O) groups excluding carboxylic acids is 1. The van der Waals surface area contributed by atoms with E-state index in [1.54, 1.807) is 12.4 Å². The molecule has 3 N–H and O–H groups in total. The van der Waals surface area contributed by atoms with Crippen LogP contribution in [-0.4, -0.2) is 34.7 Å². The van der Waals surface area contributed by atoms with Crippen LogP contribution in [0.15, 0.2) is 24.5 Å². The molecule has 3 atom stereocenters. The molecule has 0 saturated carbocycles. The third kappa shape index (κ3) is 3.01. The molecule has 1 fully saturated rings. The Morgan fingerprint density at radius 2 is 2.53 bits per heavy atom. The van der Waals surface area contributed by atoms with Crippen LogP contribution in [0.2, 0.25) is 0 Å². The molecule has 1 amide bonds. The maximum atomic E-state index is 11.9. The van der Waals surface area contributed by atoms with Crippen LogP contribution < -0.4 is 10.6 Å². The van der Waals surface area contributed by atoms with Gasteiger partial charge in [-0.1, -0.05) is 6.07 Å². The molecule has 5 nitrogen and oxygen atoms in total. The minimum atomic E-state index is -0.417. The number of nitrogens with one attached hydrogen (secondary N) is 2. The maximum absolute atomic E-state index is 11.9. The van der Waals surface area contributed by atoms with Crippen LogP contribution in [0.1, 0.15) is 24.9 Å². The van der Waals surface area contributed by atoms with Crippen molar-refractivity contribution < 1.29 is 9.90 Å².